The van der Waals surface area contributed by atoms with E-state index >= 15 is 0 Å². The van der Waals surface area contributed by atoms with E-state index in [0.29, 0.717) is 5.56 Å². The summed E-state index contributed by atoms with van der Waals surface area (Å²) >= 11 is 0. The second-order valence-corrected chi connectivity index (χ2v) is 7.41. The van der Waals surface area contributed by atoms with E-state index in [9.17, 15) is 4.79 Å². The molecule has 0 spiro atoms. The molecule has 4 nitrogen and oxygen atoms in total. The van der Waals surface area contributed by atoms with Gasteiger partial charge in [0.25, 0.3) is 0 Å². The molecule has 2 fully saturated rings. The third-order valence-electron chi connectivity index (χ3n) is 5.60. The number of hydrogen-bond donors (Lipinski definition) is 1. The second kappa shape index (κ2) is 8.63. The van der Waals surface area contributed by atoms with Crippen LogP contribution in [0.25, 0.3) is 0 Å². The number of aromatic carboxylic acids is 1. The van der Waals surface area contributed by atoms with Crippen LogP contribution in [0, 0.1) is 5.92 Å². The number of carbonyl (C=O) groups is 1. The quantitative estimate of drug-likeness (QED) is 0.831. The Morgan fingerprint density at radius 2 is 1.67 bits per heavy atom. The van der Waals surface area contributed by atoms with E-state index in [1.165, 1.54) is 76.8 Å². The van der Waals surface area contributed by atoms with Gasteiger partial charge in [0.1, 0.15) is 0 Å². The number of piperidine rings is 1. The van der Waals surface area contributed by atoms with E-state index in [-0.39, 0.29) is 0 Å². The lowest BCUT2D eigenvalue weighted by Gasteiger charge is -2.32. The molecule has 4 heteroatoms. The molecular formula is C20H30N2O2. The van der Waals surface area contributed by atoms with Gasteiger partial charge in [-0.05, 0) is 94.9 Å². The topological polar surface area (TPSA) is 43.8 Å². The van der Waals surface area contributed by atoms with E-state index in [1.54, 1.807) is 12.1 Å². The van der Waals surface area contributed by atoms with Gasteiger partial charge in [0.05, 0.1) is 5.56 Å². The van der Waals surface area contributed by atoms with Gasteiger partial charge in [0, 0.05) is 6.54 Å². The Morgan fingerprint density at radius 3 is 2.29 bits per heavy atom. The molecule has 2 saturated heterocycles. The van der Waals surface area contributed by atoms with E-state index < -0.39 is 5.97 Å². The molecule has 2 aliphatic rings. The Hall–Kier alpha value is -1.39. The number of likely N-dealkylation sites (tertiary alicyclic amines) is 2. The number of carboxylic acids is 1. The molecule has 3 rings (SSSR count). The van der Waals surface area contributed by atoms with Crippen LogP contribution in [-0.4, -0.2) is 53.6 Å². The maximum absolute atomic E-state index is 10.9. The van der Waals surface area contributed by atoms with E-state index in [2.05, 4.69) is 9.80 Å². The van der Waals surface area contributed by atoms with Gasteiger partial charge in [-0.3, -0.25) is 4.90 Å². The smallest absolute Gasteiger partial charge is 0.335 e. The molecule has 0 bridgehead atoms. The van der Waals surface area contributed by atoms with Crippen molar-refractivity contribution in [2.75, 3.05) is 32.7 Å². The molecule has 0 atom stereocenters. The van der Waals surface area contributed by atoms with Crippen LogP contribution in [0.1, 0.15) is 54.4 Å². The molecule has 0 aliphatic carbocycles. The minimum atomic E-state index is -0.851. The molecular weight excluding hydrogens is 300 g/mol. The zero-order chi connectivity index (χ0) is 16.8. The van der Waals surface area contributed by atoms with Crippen LogP contribution < -0.4 is 0 Å². The monoisotopic (exact) mass is 330 g/mol. The van der Waals surface area contributed by atoms with Crippen molar-refractivity contribution in [3.63, 3.8) is 0 Å². The van der Waals surface area contributed by atoms with Crippen LogP contribution in [0.15, 0.2) is 24.3 Å². The molecule has 0 aromatic heterocycles. The van der Waals surface area contributed by atoms with Gasteiger partial charge in [-0.1, -0.05) is 12.1 Å². The van der Waals surface area contributed by atoms with Crippen molar-refractivity contribution in [1.82, 2.24) is 9.80 Å². The van der Waals surface area contributed by atoms with Gasteiger partial charge >= 0.3 is 5.97 Å². The fourth-order valence-electron chi connectivity index (χ4n) is 4.05. The molecule has 0 saturated carbocycles. The Labute approximate surface area is 145 Å². The molecule has 0 amide bonds. The molecule has 0 unspecified atom stereocenters. The number of carboxylic acid groups (broad SMARTS) is 1. The highest BCUT2D eigenvalue weighted by atomic mass is 16.4. The Kier molecular flexibility index (Phi) is 6.27. The summed E-state index contributed by atoms with van der Waals surface area (Å²) in [5, 5.41) is 8.95. The first kappa shape index (κ1) is 17.4. The van der Waals surface area contributed by atoms with Crippen molar-refractivity contribution >= 4 is 5.97 Å². The lowest BCUT2D eigenvalue weighted by molar-refractivity contribution is 0.0697. The van der Waals surface area contributed by atoms with Crippen LogP contribution in [0.3, 0.4) is 0 Å². The first-order chi connectivity index (χ1) is 11.7. The Bertz CT molecular complexity index is 515. The predicted molar refractivity (Wildman–Crippen MR) is 96.3 cm³/mol. The minimum absolute atomic E-state index is 0.371. The maximum Gasteiger partial charge on any atom is 0.335 e. The fourth-order valence-corrected chi connectivity index (χ4v) is 4.05. The Morgan fingerprint density at radius 1 is 1.00 bits per heavy atom. The Balaban J connectivity index is 1.34. The second-order valence-electron chi connectivity index (χ2n) is 7.41. The summed E-state index contributed by atoms with van der Waals surface area (Å²) in [4.78, 5) is 16.0. The van der Waals surface area contributed by atoms with Crippen molar-refractivity contribution in [2.24, 2.45) is 5.92 Å². The average molecular weight is 330 g/mol. The van der Waals surface area contributed by atoms with E-state index in [4.69, 9.17) is 5.11 Å². The summed E-state index contributed by atoms with van der Waals surface area (Å²) in [6, 6.07) is 7.32. The van der Waals surface area contributed by atoms with Gasteiger partial charge in [-0.15, -0.1) is 0 Å². The zero-order valence-corrected chi connectivity index (χ0v) is 14.6. The van der Waals surface area contributed by atoms with E-state index in [1.807, 2.05) is 12.1 Å². The summed E-state index contributed by atoms with van der Waals surface area (Å²) in [5.74, 6) is 0.0505. The van der Waals surface area contributed by atoms with Crippen LogP contribution >= 0.6 is 0 Å². The van der Waals surface area contributed by atoms with Gasteiger partial charge in [0.15, 0.2) is 0 Å². The predicted octanol–water partition coefficient (Wildman–Crippen LogP) is 3.47. The molecule has 1 N–H and O–H groups in total. The third kappa shape index (κ3) is 5.05. The van der Waals surface area contributed by atoms with Crippen LogP contribution in [0.5, 0.6) is 0 Å². The third-order valence-corrected chi connectivity index (χ3v) is 5.60. The normalized spacial score (nSPS) is 20.5. The van der Waals surface area contributed by atoms with Gasteiger partial charge in [0.2, 0.25) is 0 Å². The number of nitrogens with zero attached hydrogens (tertiary/aromatic N) is 2. The van der Waals surface area contributed by atoms with Crippen molar-refractivity contribution in [3.05, 3.63) is 35.4 Å². The SMILES string of the molecule is O=C(O)c1ccc(CN2CCC(CCCN3CCCC3)CC2)cc1. The number of hydrogen-bond acceptors (Lipinski definition) is 3. The summed E-state index contributed by atoms with van der Waals surface area (Å²) < 4.78 is 0. The molecule has 24 heavy (non-hydrogen) atoms. The molecule has 132 valence electrons. The average Bonchev–Trinajstić information content (AvgIpc) is 3.10. The largest absolute Gasteiger partial charge is 0.478 e. The van der Waals surface area contributed by atoms with Gasteiger partial charge < -0.3 is 10.0 Å². The molecule has 1 aromatic carbocycles. The van der Waals surface area contributed by atoms with Crippen molar-refractivity contribution < 1.29 is 9.90 Å². The highest BCUT2D eigenvalue weighted by Crippen LogP contribution is 2.23. The molecule has 2 heterocycles. The summed E-state index contributed by atoms with van der Waals surface area (Å²) in [5.41, 5.74) is 1.59. The molecule has 0 radical (unpaired) electrons. The lowest BCUT2D eigenvalue weighted by atomic mass is 9.92. The first-order valence-corrected chi connectivity index (χ1v) is 9.47. The first-order valence-electron chi connectivity index (χ1n) is 9.47. The van der Waals surface area contributed by atoms with E-state index in [0.717, 1.165) is 12.5 Å². The number of benzene rings is 1. The van der Waals surface area contributed by atoms with Gasteiger partial charge in [-0.25, -0.2) is 4.79 Å². The summed E-state index contributed by atoms with van der Waals surface area (Å²) in [7, 11) is 0. The highest BCUT2D eigenvalue weighted by Gasteiger charge is 2.20. The fraction of sp³-hybridized carbons (Fsp3) is 0.650. The summed E-state index contributed by atoms with van der Waals surface area (Å²) in [6.07, 6.45) is 8.16. The van der Waals surface area contributed by atoms with Crippen molar-refractivity contribution in [2.45, 2.75) is 45.1 Å². The van der Waals surface area contributed by atoms with Crippen molar-refractivity contribution in [3.8, 4) is 0 Å². The maximum atomic E-state index is 10.9. The molecule has 1 aromatic rings. The lowest BCUT2D eigenvalue weighted by Crippen LogP contribution is -2.33. The highest BCUT2D eigenvalue weighted by molar-refractivity contribution is 5.87. The van der Waals surface area contributed by atoms with Crippen LogP contribution in [-0.2, 0) is 6.54 Å². The minimum Gasteiger partial charge on any atom is -0.478 e. The zero-order valence-electron chi connectivity index (χ0n) is 14.6. The van der Waals surface area contributed by atoms with Crippen LogP contribution in [0.4, 0.5) is 0 Å². The standard InChI is InChI=1S/C20H30N2O2/c23-20(24)19-7-5-18(6-8-19)16-22-14-9-17(10-15-22)4-3-13-21-11-1-2-12-21/h5-8,17H,1-4,9-16H2,(H,23,24). The number of rotatable bonds is 7. The van der Waals surface area contributed by atoms with Gasteiger partial charge in [-0.2, -0.15) is 0 Å². The van der Waals surface area contributed by atoms with Crippen molar-refractivity contribution in [1.29, 1.82) is 0 Å². The van der Waals surface area contributed by atoms with Crippen LogP contribution in [0.2, 0.25) is 0 Å². The molecule has 2 aliphatic heterocycles. The summed E-state index contributed by atoms with van der Waals surface area (Å²) in [6.45, 7) is 7.24.